The van der Waals surface area contributed by atoms with E-state index < -0.39 is 12.1 Å². The molecule has 7 nitrogen and oxygen atoms in total. The molecule has 1 aromatic carbocycles. The molecule has 0 aliphatic carbocycles. The Morgan fingerprint density at radius 2 is 2.18 bits per heavy atom. The number of amides is 2. The van der Waals surface area contributed by atoms with Gasteiger partial charge in [-0.1, -0.05) is 6.08 Å². The molecule has 0 radical (unpaired) electrons. The molecule has 2 aromatic rings. The molecule has 7 heteroatoms. The Balaban J connectivity index is 0.000000516. The van der Waals surface area contributed by atoms with Crippen molar-refractivity contribution in [2.24, 2.45) is 23.3 Å². The molecule has 3 saturated heterocycles. The van der Waals surface area contributed by atoms with E-state index >= 15 is 0 Å². The number of carbonyl (C=O) groups is 1. The maximum absolute atomic E-state index is 11.2. The van der Waals surface area contributed by atoms with Gasteiger partial charge in [-0.3, -0.25) is 9.88 Å². The predicted octanol–water partition coefficient (Wildman–Crippen LogP) is 2.20. The number of benzene rings is 1. The summed E-state index contributed by atoms with van der Waals surface area (Å²) in [5, 5.41) is 12.1. The molecule has 5 rings (SSSR count). The van der Waals surface area contributed by atoms with Gasteiger partial charge in [0.15, 0.2) is 0 Å². The number of primary amides is 2. The van der Waals surface area contributed by atoms with Crippen molar-refractivity contribution in [3.05, 3.63) is 48.7 Å². The third-order valence-corrected chi connectivity index (χ3v) is 5.82. The third-order valence-electron chi connectivity index (χ3n) is 5.82. The van der Waals surface area contributed by atoms with Gasteiger partial charge in [-0.25, -0.2) is 4.79 Å². The van der Waals surface area contributed by atoms with E-state index in [4.69, 9.17) is 9.53 Å². The number of hydrogen-bond acceptors (Lipinski definition) is 5. The summed E-state index contributed by atoms with van der Waals surface area (Å²) >= 11 is 0. The average Bonchev–Trinajstić information content (AvgIpc) is 2.72. The van der Waals surface area contributed by atoms with Crippen molar-refractivity contribution >= 4 is 16.9 Å². The van der Waals surface area contributed by atoms with E-state index in [0.29, 0.717) is 11.8 Å². The highest BCUT2D eigenvalue weighted by molar-refractivity contribution is 5.84. The second-order valence-corrected chi connectivity index (χ2v) is 7.38. The van der Waals surface area contributed by atoms with E-state index in [1.54, 1.807) is 13.3 Å². The van der Waals surface area contributed by atoms with Crippen LogP contribution in [0.2, 0.25) is 0 Å². The Morgan fingerprint density at radius 3 is 2.79 bits per heavy atom. The Morgan fingerprint density at radius 1 is 1.43 bits per heavy atom. The summed E-state index contributed by atoms with van der Waals surface area (Å²) in [6, 6.07) is 7.12. The smallest absolute Gasteiger partial charge is 0.309 e. The van der Waals surface area contributed by atoms with E-state index in [9.17, 15) is 5.11 Å². The second-order valence-electron chi connectivity index (χ2n) is 7.38. The van der Waals surface area contributed by atoms with Gasteiger partial charge in [-0.2, -0.15) is 0 Å². The molecule has 3 fully saturated rings. The molecular weight excluding hydrogens is 356 g/mol. The number of nitrogens with zero attached hydrogens (tertiary/aromatic N) is 2. The van der Waals surface area contributed by atoms with E-state index in [2.05, 4.69) is 34.0 Å². The molecule has 28 heavy (non-hydrogen) atoms. The molecule has 150 valence electrons. The molecular formula is C21H28N4O3. The van der Waals surface area contributed by atoms with Crippen molar-refractivity contribution in [1.29, 1.82) is 0 Å². The summed E-state index contributed by atoms with van der Waals surface area (Å²) in [4.78, 5) is 15.9. The lowest BCUT2D eigenvalue weighted by atomic mass is 9.73. The van der Waals surface area contributed by atoms with Gasteiger partial charge in [0.1, 0.15) is 5.75 Å². The van der Waals surface area contributed by atoms with Gasteiger partial charge in [0, 0.05) is 24.2 Å². The Labute approximate surface area is 165 Å². The van der Waals surface area contributed by atoms with Gasteiger partial charge in [0.2, 0.25) is 0 Å². The monoisotopic (exact) mass is 384 g/mol. The van der Waals surface area contributed by atoms with Gasteiger partial charge >= 0.3 is 6.03 Å². The normalized spacial score (nSPS) is 26.8. The maximum Gasteiger partial charge on any atom is 0.309 e. The number of urea groups is 1. The van der Waals surface area contributed by atoms with Crippen LogP contribution in [0.4, 0.5) is 4.79 Å². The van der Waals surface area contributed by atoms with E-state index in [-0.39, 0.29) is 6.04 Å². The van der Waals surface area contributed by atoms with Crippen LogP contribution in [0, 0.1) is 11.8 Å². The van der Waals surface area contributed by atoms with Gasteiger partial charge in [-0.05, 0) is 61.1 Å². The zero-order valence-corrected chi connectivity index (χ0v) is 16.1. The minimum Gasteiger partial charge on any atom is -0.497 e. The van der Waals surface area contributed by atoms with Gasteiger partial charge in [0.25, 0.3) is 0 Å². The quantitative estimate of drug-likeness (QED) is 0.699. The molecule has 0 unspecified atom stereocenters. The fourth-order valence-electron chi connectivity index (χ4n) is 4.44. The van der Waals surface area contributed by atoms with Crippen LogP contribution in [0.25, 0.3) is 10.9 Å². The standard InChI is InChI=1S/C20H24N2O2.CH4N2O/c1-3-13-12-22-9-7-14(13)10-19(22)20(23)16-6-8-21-18-5-4-15(24-2)11-17(16)18;2-1(3)4/h3-6,8,11,13-14,19-20,23H,1,7,9-10,12H2,2H3;(H4,2,3,4)/t13-,14-,19+,20+;/m0./s1. The number of carbonyl (C=O) groups excluding carboxylic acids is 1. The lowest BCUT2D eigenvalue weighted by molar-refractivity contribution is -0.0444. The van der Waals surface area contributed by atoms with Gasteiger partial charge in [-0.15, -0.1) is 6.58 Å². The number of ether oxygens (including phenoxy) is 1. The van der Waals surface area contributed by atoms with Crippen LogP contribution in [0.1, 0.15) is 24.5 Å². The molecule has 3 aliphatic rings. The van der Waals surface area contributed by atoms with Crippen LogP contribution in [-0.2, 0) is 0 Å². The van der Waals surface area contributed by atoms with Crippen molar-refractivity contribution in [1.82, 2.24) is 9.88 Å². The van der Waals surface area contributed by atoms with Crippen molar-refractivity contribution in [3.8, 4) is 5.75 Å². The van der Waals surface area contributed by atoms with E-state index in [1.807, 2.05) is 24.3 Å². The van der Waals surface area contributed by atoms with E-state index in [0.717, 1.165) is 41.7 Å². The van der Waals surface area contributed by atoms with Crippen LogP contribution >= 0.6 is 0 Å². The minimum atomic E-state index is -0.833. The molecule has 4 heterocycles. The Bertz CT molecular complexity index is 853. The van der Waals surface area contributed by atoms with Crippen LogP contribution in [0.5, 0.6) is 5.75 Å². The number of hydrogen-bond donors (Lipinski definition) is 3. The first-order chi connectivity index (χ1) is 13.4. The van der Waals surface area contributed by atoms with Crippen LogP contribution in [-0.4, -0.2) is 47.3 Å². The first kappa shape index (κ1) is 20.1. The summed E-state index contributed by atoms with van der Waals surface area (Å²) in [5.41, 5.74) is 10.3. The number of aromatic nitrogens is 1. The number of fused-ring (bicyclic) bond motifs is 4. The van der Waals surface area contributed by atoms with E-state index in [1.165, 1.54) is 6.42 Å². The van der Waals surface area contributed by atoms with Gasteiger partial charge < -0.3 is 21.3 Å². The number of rotatable bonds is 4. The number of methoxy groups -OCH3 is 1. The summed E-state index contributed by atoms with van der Waals surface area (Å²) in [5.74, 6) is 2.01. The molecule has 2 bridgehead atoms. The Hall–Kier alpha value is -2.64. The fourth-order valence-corrected chi connectivity index (χ4v) is 4.44. The molecule has 2 amide bonds. The summed E-state index contributed by atoms with van der Waals surface area (Å²) in [6.07, 6.45) is 5.62. The Kier molecular flexibility index (Phi) is 6.16. The molecule has 5 atom stereocenters. The summed E-state index contributed by atoms with van der Waals surface area (Å²) < 4.78 is 5.35. The molecule has 5 N–H and O–H groups in total. The number of nitrogens with two attached hydrogens (primary N) is 2. The zero-order chi connectivity index (χ0) is 20.3. The SMILES string of the molecule is C=C[C@H]1C[N@]2CC[C@H]1C[C@@H]2[C@H](O)c1ccnc2ccc(OC)cc12.NC(N)=O. The average molecular weight is 384 g/mol. The first-order valence-corrected chi connectivity index (χ1v) is 9.46. The molecule has 1 aromatic heterocycles. The summed E-state index contributed by atoms with van der Waals surface area (Å²) in [7, 11) is 1.66. The first-order valence-electron chi connectivity index (χ1n) is 9.46. The fraction of sp³-hybridized carbons (Fsp3) is 0.429. The largest absolute Gasteiger partial charge is 0.497 e. The van der Waals surface area contributed by atoms with Crippen LogP contribution < -0.4 is 16.2 Å². The lowest BCUT2D eigenvalue weighted by Gasteiger charge is -2.50. The summed E-state index contributed by atoms with van der Waals surface area (Å²) in [6.45, 7) is 6.07. The van der Waals surface area contributed by atoms with Gasteiger partial charge in [0.05, 0.1) is 18.7 Å². The minimum absolute atomic E-state index is 0.178. The highest BCUT2D eigenvalue weighted by Gasteiger charge is 2.42. The number of aliphatic hydroxyl groups is 1. The van der Waals surface area contributed by atoms with Crippen LogP contribution in [0.3, 0.4) is 0 Å². The highest BCUT2D eigenvalue weighted by Crippen LogP contribution is 2.42. The molecule has 0 saturated carbocycles. The number of piperidine rings is 3. The molecule has 0 spiro atoms. The highest BCUT2D eigenvalue weighted by atomic mass is 16.5. The topological polar surface area (TPSA) is 115 Å². The van der Waals surface area contributed by atoms with Crippen molar-refractivity contribution in [2.75, 3.05) is 20.2 Å². The second kappa shape index (κ2) is 8.58. The van der Waals surface area contributed by atoms with Crippen molar-refractivity contribution < 1.29 is 14.6 Å². The zero-order valence-electron chi connectivity index (χ0n) is 16.1. The predicted molar refractivity (Wildman–Crippen MR) is 109 cm³/mol. The maximum atomic E-state index is 11.2. The number of aliphatic hydroxyl groups excluding tert-OH is 1. The lowest BCUT2D eigenvalue weighted by Crippen LogP contribution is -2.54. The van der Waals surface area contributed by atoms with Crippen LogP contribution in [0.15, 0.2) is 43.1 Å². The van der Waals surface area contributed by atoms with Crippen molar-refractivity contribution in [2.45, 2.75) is 25.0 Å². The molecule has 3 aliphatic heterocycles. The third kappa shape index (κ3) is 4.10. The van der Waals surface area contributed by atoms with Crippen molar-refractivity contribution in [3.63, 3.8) is 0 Å². The number of pyridine rings is 1.